The number of benzene rings is 1. The third-order valence-electron chi connectivity index (χ3n) is 4.32. The number of alkyl halides is 3. The number of hydrogen-bond acceptors (Lipinski definition) is 4. The molecule has 1 amide bonds. The minimum atomic E-state index is -4.47. The Morgan fingerprint density at radius 2 is 2.04 bits per heavy atom. The molecule has 0 aliphatic carbocycles. The van der Waals surface area contributed by atoms with Crippen LogP contribution in [0.5, 0.6) is 0 Å². The zero-order valence-corrected chi connectivity index (χ0v) is 14.8. The lowest BCUT2D eigenvalue weighted by Gasteiger charge is -2.34. The van der Waals surface area contributed by atoms with E-state index in [1.165, 1.54) is 12.1 Å². The molecule has 1 aromatic carbocycles. The van der Waals surface area contributed by atoms with Crippen molar-refractivity contribution in [2.75, 3.05) is 32.8 Å². The predicted molar refractivity (Wildman–Crippen MR) is 93.2 cm³/mol. The number of amides is 1. The van der Waals surface area contributed by atoms with Gasteiger partial charge in [-0.15, -0.1) is 0 Å². The van der Waals surface area contributed by atoms with E-state index in [1.54, 1.807) is 11.3 Å². The van der Waals surface area contributed by atoms with E-state index in [2.05, 4.69) is 10.2 Å². The summed E-state index contributed by atoms with van der Waals surface area (Å²) in [5.41, 5.74) is 0.264. The maximum Gasteiger partial charge on any atom is 0.416 e. The quantitative estimate of drug-likeness (QED) is 0.857. The molecule has 2 aromatic rings. The first-order valence-corrected chi connectivity index (χ1v) is 9.19. The van der Waals surface area contributed by atoms with E-state index in [4.69, 9.17) is 4.74 Å². The zero-order valence-electron chi connectivity index (χ0n) is 14.0. The molecule has 1 fully saturated rings. The Bertz CT molecular complexity index is 728. The van der Waals surface area contributed by atoms with Crippen LogP contribution in [0.4, 0.5) is 13.2 Å². The number of carbonyl (C=O) groups excluding carboxylic acids is 1. The monoisotopic (exact) mass is 384 g/mol. The molecule has 0 unspecified atom stereocenters. The van der Waals surface area contributed by atoms with Gasteiger partial charge in [-0.1, -0.05) is 6.07 Å². The third kappa shape index (κ3) is 4.63. The Kier molecular flexibility index (Phi) is 5.95. The van der Waals surface area contributed by atoms with Crippen molar-refractivity contribution in [3.05, 3.63) is 57.8 Å². The second-order valence-electron chi connectivity index (χ2n) is 6.01. The molecule has 2 heterocycles. The highest BCUT2D eigenvalue weighted by atomic mass is 32.1. The largest absolute Gasteiger partial charge is 0.416 e. The summed E-state index contributed by atoms with van der Waals surface area (Å²) < 4.78 is 43.8. The van der Waals surface area contributed by atoms with Crippen molar-refractivity contribution < 1.29 is 22.7 Å². The number of carbonyl (C=O) groups is 1. The van der Waals surface area contributed by atoms with Crippen LogP contribution in [0.1, 0.15) is 27.5 Å². The highest BCUT2D eigenvalue weighted by Gasteiger charge is 2.31. The lowest BCUT2D eigenvalue weighted by Crippen LogP contribution is -2.43. The summed E-state index contributed by atoms with van der Waals surface area (Å²) in [5, 5.41) is 6.77. The van der Waals surface area contributed by atoms with Crippen molar-refractivity contribution in [1.82, 2.24) is 10.2 Å². The van der Waals surface area contributed by atoms with Gasteiger partial charge in [0, 0.05) is 25.2 Å². The van der Waals surface area contributed by atoms with E-state index >= 15 is 0 Å². The third-order valence-corrected chi connectivity index (χ3v) is 5.02. The molecule has 26 heavy (non-hydrogen) atoms. The number of rotatable bonds is 5. The Morgan fingerprint density at radius 1 is 1.27 bits per heavy atom. The first-order chi connectivity index (χ1) is 12.4. The summed E-state index contributed by atoms with van der Waals surface area (Å²) in [6.45, 7) is 3.08. The van der Waals surface area contributed by atoms with Gasteiger partial charge in [-0.05, 0) is 40.6 Å². The minimum absolute atomic E-state index is 0.00544. The molecule has 4 nitrogen and oxygen atoms in total. The molecular weight excluding hydrogens is 365 g/mol. The SMILES string of the molecule is O=C(NC[C@@H](c1ccsc1)N1CCOCC1)c1cccc(C(F)(F)F)c1. The highest BCUT2D eigenvalue weighted by molar-refractivity contribution is 7.07. The molecule has 0 bridgehead atoms. The highest BCUT2D eigenvalue weighted by Crippen LogP contribution is 2.29. The number of nitrogens with zero attached hydrogens (tertiary/aromatic N) is 1. The lowest BCUT2D eigenvalue weighted by molar-refractivity contribution is -0.137. The van der Waals surface area contributed by atoms with Crippen LogP contribution in [0.3, 0.4) is 0 Å². The Morgan fingerprint density at radius 3 is 2.69 bits per heavy atom. The summed E-state index contributed by atoms with van der Waals surface area (Å²) in [5.74, 6) is -0.510. The summed E-state index contributed by atoms with van der Waals surface area (Å²) in [6, 6.07) is 6.44. The van der Waals surface area contributed by atoms with Gasteiger partial charge < -0.3 is 10.1 Å². The van der Waals surface area contributed by atoms with Crippen molar-refractivity contribution in [2.24, 2.45) is 0 Å². The van der Waals surface area contributed by atoms with Crippen molar-refractivity contribution in [3.63, 3.8) is 0 Å². The van der Waals surface area contributed by atoms with Gasteiger partial charge in [0.2, 0.25) is 0 Å². The molecule has 1 aliphatic rings. The Balaban J connectivity index is 1.70. The molecule has 3 rings (SSSR count). The number of halogens is 3. The molecule has 0 spiro atoms. The fraction of sp³-hybridized carbons (Fsp3) is 0.389. The summed E-state index contributed by atoms with van der Waals surface area (Å²) >= 11 is 1.57. The smallest absolute Gasteiger partial charge is 0.379 e. The number of ether oxygens (including phenoxy) is 1. The van der Waals surface area contributed by atoms with Crippen LogP contribution >= 0.6 is 11.3 Å². The maximum absolute atomic E-state index is 12.8. The van der Waals surface area contributed by atoms with Gasteiger partial charge in [-0.25, -0.2) is 0 Å². The van der Waals surface area contributed by atoms with Crippen LogP contribution in [0.15, 0.2) is 41.1 Å². The van der Waals surface area contributed by atoms with Gasteiger partial charge in [0.05, 0.1) is 24.8 Å². The fourth-order valence-electron chi connectivity index (χ4n) is 2.94. The molecule has 1 saturated heterocycles. The average Bonchev–Trinajstić information content (AvgIpc) is 3.16. The zero-order chi connectivity index (χ0) is 18.6. The second-order valence-corrected chi connectivity index (χ2v) is 6.79. The average molecular weight is 384 g/mol. The van der Waals surface area contributed by atoms with Crippen LogP contribution in [0, 0.1) is 0 Å². The van der Waals surface area contributed by atoms with Crippen molar-refractivity contribution in [2.45, 2.75) is 12.2 Å². The van der Waals surface area contributed by atoms with Crippen LogP contribution in [0.2, 0.25) is 0 Å². The fourth-order valence-corrected chi connectivity index (χ4v) is 3.65. The number of nitrogens with one attached hydrogen (secondary N) is 1. The van der Waals surface area contributed by atoms with E-state index in [0.717, 1.165) is 30.8 Å². The van der Waals surface area contributed by atoms with Gasteiger partial charge in [0.1, 0.15) is 0 Å². The topological polar surface area (TPSA) is 41.6 Å². The van der Waals surface area contributed by atoms with Crippen molar-refractivity contribution in [1.29, 1.82) is 0 Å². The van der Waals surface area contributed by atoms with Gasteiger partial charge in [0.25, 0.3) is 5.91 Å². The minimum Gasteiger partial charge on any atom is -0.379 e. The van der Waals surface area contributed by atoms with Crippen molar-refractivity contribution >= 4 is 17.2 Å². The molecular formula is C18H19F3N2O2S. The molecule has 1 atom stereocenters. The van der Waals surface area contributed by atoms with Gasteiger partial charge in [-0.2, -0.15) is 24.5 Å². The number of morpholine rings is 1. The van der Waals surface area contributed by atoms with Crippen LogP contribution in [0.25, 0.3) is 0 Å². The molecule has 0 radical (unpaired) electrons. The molecule has 1 N–H and O–H groups in total. The summed E-state index contributed by atoms with van der Waals surface area (Å²) in [4.78, 5) is 14.6. The Labute approximate surface area is 153 Å². The molecule has 140 valence electrons. The normalized spacial score (nSPS) is 17.0. The molecule has 8 heteroatoms. The standard InChI is InChI=1S/C18H19F3N2O2S/c19-18(20,21)15-3-1-2-13(10-15)17(24)22-11-16(14-4-9-26-12-14)23-5-7-25-8-6-23/h1-4,9-10,12,16H,5-8,11H2,(H,22,24)/t16-/m0/s1. The number of hydrogen-bond donors (Lipinski definition) is 1. The first kappa shape index (κ1) is 18.9. The number of thiophene rings is 1. The molecule has 0 saturated carbocycles. The predicted octanol–water partition coefficient (Wildman–Crippen LogP) is 3.57. The summed E-state index contributed by atoms with van der Waals surface area (Å²) in [7, 11) is 0. The summed E-state index contributed by atoms with van der Waals surface area (Å²) in [6.07, 6.45) is -4.47. The van der Waals surface area contributed by atoms with E-state index in [9.17, 15) is 18.0 Å². The van der Waals surface area contributed by atoms with Crippen LogP contribution < -0.4 is 5.32 Å². The van der Waals surface area contributed by atoms with Crippen LogP contribution in [-0.2, 0) is 10.9 Å². The van der Waals surface area contributed by atoms with E-state index in [1.807, 2.05) is 16.8 Å². The molecule has 1 aromatic heterocycles. The van der Waals surface area contributed by atoms with Gasteiger partial charge in [0.15, 0.2) is 0 Å². The first-order valence-electron chi connectivity index (χ1n) is 8.24. The Hall–Kier alpha value is -1.90. The maximum atomic E-state index is 12.8. The van der Waals surface area contributed by atoms with Gasteiger partial charge >= 0.3 is 6.18 Å². The van der Waals surface area contributed by atoms with E-state index < -0.39 is 17.6 Å². The molecule has 1 aliphatic heterocycles. The lowest BCUT2D eigenvalue weighted by atomic mass is 10.1. The van der Waals surface area contributed by atoms with E-state index in [0.29, 0.717) is 19.8 Å². The second kappa shape index (κ2) is 8.20. The van der Waals surface area contributed by atoms with Crippen molar-refractivity contribution in [3.8, 4) is 0 Å². The van der Waals surface area contributed by atoms with Gasteiger partial charge in [-0.3, -0.25) is 9.69 Å². The van der Waals surface area contributed by atoms with E-state index in [-0.39, 0.29) is 11.6 Å². The van der Waals surface area contributed by atoms with Crippen LogP contribution in [-0.4, -0.2) is 43.7 Å².